The summed E-state index contributed by atoms with van der Waals surface area (Å²) in [6.07, 6.45) is 0.523. The largest absolute Gasteiger partial charge is 0.318 e. The number of hydrogen-bond donors (Lipinski definition) is 2. The zero-order valence-corrected chi connectivity index (χ0v) is 17.2. The van der Waals surface area contributed by atoms with Gasteiger partial charge in [0.1, 0.15) is 0 Å². The Bertz CT molecular complexity index is 1150. The van der Waals surface area contributed by atoms with Crippen LogP contribution in [0.5, 0.6) is 0 Å². The van der Waals surface area contributed by atoms with E-state index in [0.717, 1.165) is 0 Å². The highest BCUT2D eigenvalue weighted by Crippen LogP contribution is 2.28. The quantitative estimate of drug-likeness (QED) is 0.432. The van der Waals surface area contributed by atoms with Crippen molar-refractivity contribution >= 4 is 44.6 Å². The predicted octanol–water partition coefficient (Wildman–Crippen LogP) is 2.33. The van der Waals surface area contributed by atoms with Crippen LogP contribution in [-0.2, 0) is 19.6 Å². The molecule has 2 aromatic carbocycles. The number of benzene rings is 2. The molecule has 30 heavy (non-hydrogen) atoms. The van der Waals surface area contributed by atoms with Gasteiger partial charge in [-0.05, 0) is 49.6 Å². The number of hydrogen-bond acceptors (Lipinski definition) is 6. The van der Waals surface area contributed by atoms with Gasteiger partial charge in [0, 0.05) is 30.1 Å². The lowest BCUT2D eigenvalue weighted by atomic mass is 10.1. The van der Waals surface area contributed by atoms with Crippen molar-refractivity contribution in [2.24, 2.45) is 0 Å². The number of carbonyl (C=O) groups is 2. The molecule has 0 atom stereocenters. The number of sulfonamides is 1. The van der Waals surface area contributed by atoms with E-state index in [2.05, 4.69) is 10.6 Å². The number of nitrogens with one attached hydrogen (secondary N) is 2. The first kappa shape index (κ1) is 21.2. The minimum Gasteiger partial charge on any atom is -0.318 e. The van der Waals surface area contributed by atoms with Gasteiger partial charge in [0.05, 0.1) is 16.4 Å². The van der Waals surface area contributed by atoms with E-state index in [4.69, 9.17) is 0 Å². The Morgan fingerprint density at radius 3 is 2.23 bits per heavy atom. The lowest BCUT2D eigenvalue weighted by Crippen LogP contribution is -2.30. The van der Waals surface area contributed by atoms with Gasteiger partial charge in [-0.25, -0.2) is 8.42 Å². The summed E-state index contributed by atoms with van der Waals surface area (Å²) < 4.78 is 25.5. The van der Waals surface area contributed by atoms with E-state index in [1.54, 1.807) is 26.0 Å². The van der Waals surface area contributed by atoms with Gasteiger partial charge in [0.25, 0.3) is 5.69 Å². The molecule has 0 unspecified atom stereocenters. The second-order valence-corrected chi connectivity index (χ2v) is 8.92. The molecule has 0 aliphatic carbocycles. The van der Waals surface area contributed by atoms with Crippen molar-refractivity contribution in [2.45, 2.75) is 20.3 Å². The van der Waals surface area contributed by atoms with E-state index in [1.165, 1.54) is 28.6 Å². The summed E-state index contributed by atoms with van der Waals surface area (Å²) in [6, 6.07) is 8.69. The third-order valence-corrected chi connectivity index (χ3v) is 6.60. The second-order valence-electron chi connectivity index (χ2n) is 6.91. The van der Waals surface area contributed by atoms with Crippen molar-refractivity contribution in [3.05, 3.63) is 57.6 Å². The van der Waals surface area contributed by atoms with Gasteiger partial charge >= 0.3 is 11.8 Å². The van der Waals surface area contributed by atoms with E-state index in [1.807, 2.05) is 0 Å². The van der Waals surface area contributed by atoms with Crippen molar-refractivity contribution in [1.29, 1.82) is 0 Å². The Kier molecular flexibility index (Phi) is 5.74. The number of rotatable bonds is 4. The minimum atomic E-state index is -3.38. The lowest BCUT2D eigenvalue weighted by Gasteiger charge is -2.19. The molecule has 1 heterocycles. The maximum absolute atomic E-state index is 12.4. The Labute approximate surface area is 173 Å². The van der Waals surface area contributed by atoms with Gasteiger partial charge in [-0.3, -0.25) is 24.0 Å². The minimum absolute atomic E-state index is 0.0690. The monoisotopic (exact) mass is 432 g/mol. The highest BCUT2D eigenvalue weighted by Gasteiger charge is 2.29. The van der Waals surface area contributed by atoms with E-state index < -0.39 is 26.8 Å². The zero-order valence-electron chi connectivity index (χ0n) is 16.3. The third kappa shape index (κ3) is 4.40. The molecule has 1 saturated heterocycles. The Hall–Kier alpha value is -3.47. The number of anilines is 3. The second kappa shape index (κ2) is 8.11. The van der Waals surface area contributed by atoms with Crippen molar-refractivity contribution in [2.75, 3.05) is 27.2 Å². The average molecular weight is 432 g/mol. The van der Waals surface area contributed by atoms with Crippen LogP contribution in [0.25, 0.3) is 0 Å². The number of nitro benzene ring substituents is 1. The van der Waals surface area contributed by atoms with Crippen LogP contribution in [0, 0.1) is 24.0 Å². The van der Waals surface area contributed by atoms with Crippen molar-refractivity contribution in [1.82, 2.24) is 0 Å². The topological polar surface area (TPSA) is 139 Å². The van der Waals surface area contributed by atoms with Crippen LogP contribution in [0.3, 0.4) is 0 Å². The summed E-state index contributed by atoms with van der Waals surface area (Å²) >= 11 is 0. The fourth-order valence-electron chi connectivity index (χ4n) is 3.09. The molecule has 2 N–H and O–H groups in total. The molecular weight excluding hydrogens is 412 g/mol. The SMILES string of the molecule is Cc1cc([N+](=O)[O-])ccc1NC(=O)C(=O)Nc1cc(N2CCCS2(=O)=O)ccc1C. The maximum Gasteiger partial charge on any atom is 0.314 e. The molecule has 0 radical (unpaired) electrons. The van der Waals surface area contributed by atoms with Gasteiger partial charge in [-0.15, -0.1) is 0 Å². The van der Waals surface area contributed by atoms with Crippen LogP contribution < -0.4 is 14.9 Å². The van der Waals surface area contributed by atoms with Gasteiger partial charge < -0.3 is 10.6 Å². The van der Waals surface area contributed by atoms with Crippen LogP contribution in [0.2, 0.25) is 0 Å². The number of carbonyl (C=O) groups excluding carboxylic acids is 2. The zero-order chi connectivity index (χ0) is 22.1. The standard InChI is InChI=1S/C19H20N4O6S/c1-12-4-5-14(22-8-3-9-30(22,28)29)11-17(12)21-19(25)18(24)20-16-7-6-15(23(26)27)10-13(16)2/h4-7,10-11H,3,8-9H2,1-2H3,(H,20,24)(H,21,25). The van der Waals surface area contributed by atoms with E-state index in [9.17, 15) is 28.1 Å². The molecule has 1 aliphatic heterocycles. The molecule has 10 nitrogen and oxygen atoms in total. The van der Waals surface area contributed by atoms with E-state index in [-0.39, 0.29) is 17.1 Å². The Morgan fingerprint density at radius 1 is 1.00 bits per heavy atom. The number of nitrogens with zero attached hydrogens (tertiary/aromatic N) is 2. The Morgan fingerprint density at radius 2 is 1.67 bits per heavy atom. The first-order valence-corrected chi connectivity index (χ1v) is 10.7. The molecular formula is C19H20N4O6S. The van der Waals surface area contributed by atoms with Gasteiger partial charge in [0.2, 0.25) is 10.0 Å². The van der Waals surface area contributed by atoms with Crippen LogP contribution in [0.15, 0.2) is 36.4 Å². The molecule has 0 aromatic heterocycles. The molecule has 0 saturated carbocycles. The Balaban J connectivity index is 1.75. The number of aryl methyl sites for hydroxylation is 2. The summed E-state index contributed by atoms with van der Waals surface area (Å²) in [7, 11) is -3.38. The first-order chi connectivity index (χ1) is 14.1. The van der Waals surface area contributed by atoms with E-state index in [0.29, 0.717) is 35.5 Å². The molecule has 3 rings (SSSR count). The molecule has 0 spiro atoms. The molecule has 2 aromatic rings. The maximum atomic E-state index is 12.4. The van der Waals surface area contributed by atoms with Crippen LogP contribution in [0.4, 0.5) is 22.7 Å². The fourth-order valence-corrected chi connectivity index (χ4v) is 4.65. The number of nitro groups is 1. The van der Waals surface area contributed by atoms with Crippen LogP contribution in [-0.4, -0.2) is 37.5 Å². The van der Waals surface area contributed by atoms with Crippen molar-refractivity contribution in [3.63, 3.8) is 0 Å². The summed E-state index contributed by atoms with van der Waals surface area (Å²) in [6.45, 7) is 3.65. The van der Waals surface area contributed by atoms with Crippen LogP contribution in [0.1, 0.15) is 17.5 Å². The summed E-state index contributed by atoms with van der Waals surface area (Å²) in [4.78, 5) is 34.9. The average Bonchev–Trinajstić information content (AvgIpc) is 3.03. The van der Waals surface area contributed by atoms with Crippen molar-refractivity contribution < 1.29 is 22.9 Å². The predicted molar refractivity (Wildman–Crippen MR) is 112 cm³/mol. The molecule has 2 amide bonds. The van der Waals surface area contributed by atoms with Gasteiger partial charge in [-0.1, -0.05) is 6.07 Å². The normalized spacial score (nSPS) is 14.9. The summed E-state index contributed by atoms with van der Waals surface area (Å²) in [5, 5.41) is 15.7. The van der Waals surface area contributed by atoms with Gasteiger partial charge in [-0.2, -0.15) is 0 Å². The molecule has 1 aliphatic rings. The highest BCUT2D eigenvalue weighted by atomic mass is 32.2. The van der Waals surface area contributed by atoms with E-state index >= 15 is 0 Å². The number of amides is 2. The molecule has 158 valence electrons. The molecule has 11 heteroatoms. The lowest BCUT2D eigenvalue weighted by molar-refractivity contribution is -0.384. The smallest absolute Gasteiger partial charge is 0.314 e. The van der Waals surface area contributed by atoms with Crippen LogP contribution >= 0.6 is 0 Å². The van der Waals surface area contributed by atoms with Crippen molar-refractivity contribution in [3.8, 4) is 0 Å². The summed E-state index contributed by atoms with van der Waals surface area (Å²) in [5.74, 6) is -1.83. The first-order valence-electron chi connectivity index (χ1n) is 9.07. The summed E-state index contributed by atoms with van der Waals surface area (Å²) in [5.41, 5.74) is 1.97. The molecule has 0 bridgehead atoms. The third-order valence-electron chi connectivity index (χ3n) is 4.73. The number of non-ortho nitro benzene ring substituents is 1. The highest BCUT2D eigenvalue weighted by molar-refractivity contribution is 7.93. The fraction of sp³-hybridized carbons (Fsp3) is 0.263. The van der Waals surface area contributed by atoms with Gasteiger partial charge in [0.15, 0.2) is 0 Å². The molecule has 1 fully saturated rings.